The first-order chi connectivity index (χ1) is 8.04. The van der Waals surface area contributed by atoms with Crippen molar-refractivity contribution in [2.75, 3.05) is 7.11 Å². The Morgan fingerprint density at radius 3 is 2.18 bits per heavy atom. The molecule has 0 atom stereocenters. The first-order valence-electron chi connectivity index (χ1n) is 5.84. The molecule has 0 aliphatic carbocycles. The fraction of sp³-hybridized carbons (Fsp3) is 0.385. The highest BCUT2D eigenvalue weighted by Crippen LogP contribution is 2.27. The number of ether oxygens (including phenoxy) is 1. The molecule has 0 heterocycles. The Labute approximate surface area is 103 Å². The maximum absolute atomic E-state index is 9.83. The van der Waals surface area contributed by atoms with Crippen LogP contribution in [0.3, 0.4) is 0 Å². The largest absolute Gasteiger partial charge is 0.508 e. The van der Waals surface area contributed by atoms with E-state index in [0.29, 0.717) is 24.1 Å². The lowest BCUT2D eigenvalue weighted by atomic mass is 9.72. The molecule has 0 unspecified atom stereocenters. The SMILES string of the molecule is CBc1c(O)cc(/C(OC)=C(\C)CC)cc1O. The van der Waals surface area contributed by atoms with Crippen molar-refractivity contribution in [2.24, 2.45) is 0 Å². The van der Waals surface area contributed by atoms with Gasteiger partial charge in [-0.2, -0.15) is 0 Å². The maximum Gasteiger partial charge on any atom is 0.164 e. The predicted molar refractivity (Wildman–Crippen MR) is 72.3 cm³/mol. The summed E-state index contributed by atoms with van der Waals surface area (Å²) >= 11 is 0. The summed E-state index contributed by atoms with van der Waals surface area (Å²) in [6.07, 6.45) is 0.861. The van der Waals surface area contributed by atoms with E-state index in [1.54, 1.807) is 19.2 Å². The molecule has 0 aromatic heterocycles. The van der Waals surface area contributed by atoms with E-state index in [1.807, 2.05) is 20.7 Å². The minimum absolute atomic E-state index is 0.112. The highest BCUT2D eigenvalue weighted by Gasteiger charge is 2.12. The fourth-order valence-corrected chi connectivity index (χ4v) is 1.83. The van der Waals surface area contributed by atoms with Crippen molar-refractivity contribution in [1.29, 1.82) is 0 Å². The van der Waals surface area contributed by atoms with Crippen molar-refractivity contribution in [3.63, 3.8) is 0 Å². The standard InChI is InChI=1S/C13H19BO3/c1-5-8(2)13(17-4)9-6-10(15)12(14-3)11(16)7-9/h6-7,14-16H,5H2,1-4H3/b13-8-. The summed E-state index contributed by atoms with van der Waals surface area (Å²) in [6, 6.07) is 3.27. The van der Waals surface area contributed by atoms with Crippen molar-refractivity contribution in [1.82, 2.24) is 0 Å². The van der Waals surface area contributed by atoms with Crippen molar-refractivity contribution < 1.29 is 14.9 Å². The third-order valence-corrected chi connectivity index (χ3v) is 2.94. The van der Waals surface area contributed by atoms with Crippen LogP contribution in [-0.4, -0.2) is 24.6 Å². The number of allylic oxidation sites excluding steroid dienone is 1. The molecular weight excluding hydrogens is 215 g/mol. The van der Waals surface area contributed by atoms with Gasteiger partial charge in [0.05, 0.1) is 7.11 Å². The molecule has 17 heavy (non-hydrogen) atoms. The van der Waals surface area contributed by atoms with E-state index in [0.717, 1.165) is 12.0 Å². The van der Waals surface area contributed by atoms with Gasteiger partial charge in [0, 0.05) is 5.56 Å². The van der Waals surface area contributed by atoms with E-state index in [4.69, 9.17) is 4.74 Å². The Kier molecular flexibility index (Phi) is 4.49. The van der Waals surface area contributed by atoms with E-state index in [-0.39, 0.29) is 11.5 Å². The Morgan fingerprint density at radius 1 is 1.29 bits per heavy atom. The average Bonchev–Trinajstić information content (AvgIpc) is 2.29. The van der Waals surface area contributed by atoms with E-state index in [2.05, 4.69) is 0 Å². The molecule has 0 fully saturated rings. The lowest BCUT2D eigenvalue weighted by Gasteiger charge is -2.13. The van der Waals surface area contributed by atoms with Crippen LogP contribution >= 0.6 is 0 Å². The van der Waals surface area contributed by atoms with Gasteiger partial charge in [0.2, 0.25) is 0 Å². The molecule has 1 aromatic rings. The van der Waals surface area contributed by atoms with Crippen LogP contribution in [0.4, 0.5) is 0 Å². The summed E-state index contributed by atoms with van der Waals surface area (Å²) in [4.78, 5) is 0. The minimum atomic E-state index is 0.112. The molecule has 2 N–H and O–H groups in total. The van der Waals surface area contributed by atoms with Gasteiger partial charge in [-0.15, -0.1) is 0 Å². The smallest absolute Gasteiger partial charge is 0.164 e. The van der Waals surface area contributed by atoms with E-state index < -0.39 is 0 Å². The number of methoxy groups -OCH3 is 1. The summed E-state index contributed by atoms with van der Waals surface area (Å²) in [5.41, 5.74) is 2.35. The molecule has 0 aliphatic rings. The summed E-state index contributed by atoms with van der Waals surface area (Å²) in [5.74, 6) is 0.933. The second kappa shape index (κ2) is 5.66. The molecule has 3 nitrogen and oxygen atoms in total. The molecule has 1 rings (SSSR count). The summed E-state index contributed by atoms with van der Waals surface area (Å²) in [6.45, 7) is 5.90. The van der Waals surface area contributed by atoms with Gasteiger partial charge in [0.1, 0.15) is 17.3 Å². The minimum Gasteiger partial charge on any atom is -0.508 e. The van der Waals surface area contributed by atoms with Crippen LogP contribution < -0.4 is 5.46 Å². The summed E-state index contributed by atoms with van der Waals surface area (Å²) in [7, 11) is 2.19. The average molecular weight is 234 g/mol. The van der Waals surface area contributed by atoms with Crippen LogP contribution in [0.2, 0.25) is 6.82 Å². The Morgan fingerprint density at radius 2 is 1.82 bits per heavy atom. The third-order valence-electron chi connectivity index (χ3n) is 2.94. The zero-order chi connectivity index (χ0) is 13.0. The van der Waals surface area contributed by atoms with Crippen LogP contribution in [-0.2, 0) is 4.74 Å². The maximum atomic E-state index is 9.83. The van der Waals surface area contributed by atoms with Gasteiger partial charge >= 0.3 is 0 Å². The van der Waals surface area contributed by atoms with Gasteiger partial charge in [-0.05, 0) is 36.5 Å². The number of rotatable bonds is 4. The molecule has 0 radical (unpaired) electrons. The van der Waals surface area contributed by atoms with Gasteiger partial charge in [-0.1, -0.05) is 13.7 Å². The summed E-state index contributed by atoms with van der Waals surface area (Å²) in [5, 5.41) is 19.7. The number of aromatic hydroxyl groups is 2. The monoisotopic (exact) mass is 234 g/mol. The van der Waals surface area contributed by atoms with Gasteiger partial charge < -0.3 is 14.9 Å². The van der Waals surface area contributed by atoms with Crippen molar-refractivity contribution in [3.8, 4) is 11.5 Å². The van der Waals surface area contributed by atoms with Gasteiger partial charge in [0.25, 0.3) is 0 Å². The highest BCUT2D eigenvalue weighted by molar-refractivity contribution is 6.54. The van der Waals surface area contributed by atoms with Gasteiger partial charge in [0.15, 0.2) is 7.28 Å². The molecule has 0 aliphatic heterocycles. The van der Waals surface area contributed by atoms with Crippen LogP contribution in [0.15, 0.2) is 17.7 Å². The third kappa shape index (κ3) is 2.76. The Hall–Kier alpha value is -1.58. The summed E-state index contributed by atoms with van der Waals surface area (Å²) < 4.78 is 5.33. The van der Waals surface area contributed by atoms with Gasteiger partial charge in [-0.3, -0.25) is 0 Å². The van der Waals surface area contributed by atoms with Crippen LogP contribution in [0, 0.1) is 0 Å². The number of hydrogen-bond donors (Lipinski definition) is 2. The normalized spacial score (nSPS) is 12.0. The first kappa shape index (κ1) is 13.5. The molecule has 0 saturated carbocycles. The van der Waals surface area contributed by atoms with Crippen LogP contribution in [0.5, 0.6) is 11.5 Å². The molecule has 1 aromatic carbocycles. The molecule has 4 heteroatoms. The first-order valence-corrected chi connectivity index (χ1v) is 5.84. The molecular formula is C13H19BO3. The van der Waals surface area contributed by atoms with E-state index >= 15 is 0 Å². The molecule has 92 valence electrons. The molecule has 0 amide bonds. The van der Waals surface area contributed by atoms with Crippen LogP contribution in [0.25, 0.3) is 5.76 Å². The highest BCUT2D eigenvalue weighted by atomic mass is 16.5. The Bertz CT molecular complexity index is 415. The molecule has 0 bridgehead atoms. The molecule has 0 saturated heterocycles. The Balaban J connectivity index is 3.34. The number of hydrogen-bond acceptors (Lipinski definition) is 3. The lowest BCUT2D eigenvalue weighted by molar-refractivity contribution is 0.365. The van der Waals surface area contributed by atoms with E-state index in [9.17, 15) is 10.2 Å². The topological polar surface area (TPSA) is 49.7 Å². The second-order valence-electron chi connectivity index (χ2n) is 4.01. The van der Waals surface area contributed by atoms with Crippen molar-refractivity contribution in [3.05, 3.63) is 23.3 Å². The number of benzene rings is 1. The number of phenolic OH excluding ortho intramolecular Hbond substituents is 2. The molecule has 0 spiro atoms. The van der Waals surface area contributed by atoms with E-state index in [1.165, 1.54) is 0 Å². The van der Waals surface area contributed by atoms with Crippen LogP contribution in [0.1, 0.15) is 25.8 Å². The fourth-order valence-electron chi connectivity index (χ4n) is 1.83. The lowest BCUT2D eigenvalue weighted by Crippen LogP contribution is -2.12. The zero-order valence-corrected chi connectivity index (χ0v) is 10.9. The zero-order valence-electron chi connectivity index (χ0n) is 10.9. The quantitative estimate of drug-likeness (QED) is 0.618. The second-order valence-corrected chi connectivity index (χ2v) is 4.01. The van der Waals surface area contributed by atoms with Gasteiger partial charge in [-0.25, -0.2) is 0 Å². The number of phenols is 2. The predicted octanol–water partition coefficient (Wildman–Crippen LogP) is 2.00. The van der Waals surface area contributed by atoms with Crippen molar-refractivity contribution >= 4 is 18.5 Å². The van der Waals surface area contributed by atoms with Crippen molar-refractivity contribution in [2.45, 2.75) is 27.1 Å².